The van der Waals surface area contributed by atoms with Gasteiger partial charge in [0.2, 0.25) is 11.8 Å². The molecule has 30 heavy (non-hydrogen) atoms. The third-order valence-corrected chi connectivity index (χ3v) is 8.03. The van der Waals surface area contributed by atoms with E-state index in [1.807, 2.05) is 4.90 Å². The fourth-order valence-corrected chi connectivity index (χ4v) is 6.25. The third-order valence-electron chi connectivity index (χ3n) is 6.26. The van der Waals surface area contributed by atoms with Crippen LogP contribution in [-0.2, 0) is 19.4 Å². The highest BCUT2D eigenvalue weighted by atomic mass is 32.2. The van der Waals surface area contributed by atoms with Crippen LogP contribution >= 0.6 is 0 Å². The number of carbonyl (C=O) groups is 2. The summed E-state index contributed by atoms with van der Waals surface area (Å²) in [7, 11) is -1.32. The standard InChI is InChI=1S/C20H35N5O4S/c1-21-20(22-10-7-18(26)23-17-9-12-30(28,29)14-17)24-16-8-11-25(13-16)19(27)15-5-3-2-4-6-15/h15-17H,2-14H2,1H3,(H,23,26)(H2,21,22,24). The predicted octanol–water partition coefficient (Wildman–Crippen LogP) is 0.0260. The number of aliphatic imine (C=N–C) groups is 1. The molecule has 3 aliphatic rings. The zero-order valence-corrected chi connectivity index (χ0v) is 18.7. The number of rotatable bonds is 6. The van der Waals surface area contributed by atoms with Crippen LogP contribution in [0.2, 0.25) is 0 Å². The minimum absolute atomic E-state index is 0.0349. The molecule has 0 aromatic carbocycles. The van der Waals surface area contributed by atoms with E-state index in [0.717, 1.165) is 38.6 Å². The highest BCUT2D eigenvalue weighted by Gasteiger charge is 2.32. The quantitative estimate of drug-likeness (QED) is 0.395. The van der Waals surface area contributed by atoms with Gasteiger partial charge in [0.15, 0.2) is 15.8 Å². The normalized spacial score (nSPS) is 27.1. The molecule has 0 spiro atoms. The van der Waals surface area contributed by atoms with Crippen LogP contribution in [0.1, 0.15) is 51.4 Å². The van der Waals surface area contributed by atoms with E-state index >= 15 is 0 Å². The largest absolute Gasteiger partial charge is 0.356 e. The smallest absolute Gasteiger partial charge is 0.225 e. The van der Waals surface area contributed by atoms with Crippen molar-refractivity contribution in [1.29, 1.82) is 0 Å². The number of hydrogen-bond donors (Lipinski definition) is 3. The van der Waals surface area contributed by atoms with Crippen LogP contribution in [0.25, 0.3) is 0 Å². The second kappa shape index (κ2) is 10.5. The number of nitrogens with one attached hydrogen (secondary N) is 3. The number of amides is 2. The topological polar surface area (TPSA) is 120 Å². The van der Waals surface area contributed by atoms with Gasteiger partial charge in [-0.05, 0) is 25.7 Å². The van der Waals surface area contributed by atoms with Gasteiger partial charge in [-0.1, -0.05) is 19.3 Å². The molecule has 1 saturated carbocycles. The molecule has 0 radical (unpaired) electrons. The summed E-state index contributed by atoms with van der Waals surface area (Å²) in [6.45, 7) is 1.87. The Morgan fingerprint density at radius 2 is 1.80 bits per heavy atom. The molecule has 0 bridgehead atoms. The van der Waals surface area contributed by atoms with Crippen molar-refractivity contribution >= 4 is 27.6 Å². The summed E-state index contributed by atoms with van der Waals surface area (Å²) in [4.78, 5) is 30.9. The Balaban J connectivity index is 1.34. The van der Waals surface area contributed by atoms with E-state index in [4.69, 9.17) is 0 Å². The van der Waals surface area contributed by atoms with Crippen molar-refractivity contribution in [1.82, 2.24) is 20.9 Å². The van der Waals surface area contributed by atoms with Gasteiger partial charge in [0.05, 0.1) is 11.5 Å². The van der Waals surface area contributed by atoms with Gasteiger partial charge < -0.3 is 20.9 Å². The Bertz CT molecular complexity index is 748. The maximum absolute atomic E-state index is 12.7. The Morgan fingerprint density at radius 1 is 1.03 bits per heavy atom. The minimum atomic E-state index is -3.00. The third kappa shape index (κ3) is 6.58. The molecule has 2 saturated heterocycles. The highest BCUT2D eigenvalue weighted by Crippen LogP contribution is 2.26. The Kier molecular flexibility index (Phi) is 7.96. The Hall–Kier alpha value is -1.84. The fraction of sp³-hybridized carbons (Fsp3) is 0.850. The summed E-state index contributed by atoms with van der Waals surface area (Å²) in [5.74, 6) is 1.13. The maximum Gasteiger partial charge on any atom is 0.225 e. The lowest BCUT2D eigenvalue weighted by Gasteiger charge is -2.26. The van der Waals surface area contributed by atoms with E-state index in [-0.39, 0.29) is 41.8 Å². The number of likely N-dealkylation sites (tertiary alicyclic amines) is 1. The summed E-state index contributed by atoms with van der Waals surface area (Å²) >= 11 is 0. The summed E-state index contributed by atoms with van der Waals surface area (Å²) in [5, 5.41) is 9.26. The first kappa shape index (κ1) is 22.8. The summed E-state index contributed by atoms with van der Waals surface area (Å²) in [5.41, 5.74) is 0. The van der Waals surface area contributed by atoms with Crippen molar-refractivity contribution in [2.24, 2.45) is 10.9 Å². The molecule has 0 aromatic rings. The molecule has 3 fully saturated rings. The summed E-state index contributed by atoms with van der Waals surface area (Å²) in [6, 6.07) is -0.118. The van der Waals surface area contributed by atoms with Crippen LogP contribution in [0.3, 0.4) is 0 Å². The highest BCUT2D eigenvalue weighted by molar-refractivity contribution is 7.91. The molecule has 2 aliphatic heterocycles. The first-order valence-electron chi connectivity index (χ1n) is 11.1. The van der Waals surface area contributed by atoms with Gasteiger partial charge in [-0.3, -0.25) is 14.6 Å². The average Bonchev–Trinajstić information content (AvgIpc) is 3.33. The molecule has 9 nitrogen and oxygen atoms in total. The van der Waals surface area contributed by atoms with Gasteiger partial charge in [0, 0.05) is 51.1 Å². The van der Waals surface area contributed by atoms with E-state index in [9.17, 15) is 18.0 Å². The van der Waals surface area contributed by atoms with Crippen molar-refractivity contribution in [3.8, 4) is 0 Å². The molecule has 0 aromatic heterocycles. The molecular formula is C20H35N5O4S. The van der Waals surface area contributed by atoms with E-state index < -0.39 is 9.84 Å². The van der Waals surface area contributed by atoms with Crippen molar-refractivity contribution in [2.45, 2.75) is 63.5 Å². The van der Waals surface area contributed by atoms with Crippen molar-refractivity contribution in [3.63, 3.8) is 0 Å². The zero-order valence-electron chi connectivity index (χ0n) is 17.9. The summed E-state index contributed by atoms with van der Waals surface area (Å²) in [6.07, 6.45) is 7.22. The predicted molar refractivity (Wildman–Crippen MR) is 116 cm³/mol. The van der Waals surface area contributed by atoms with Crippen molar-refractivity contribution in [3.05, 3.63) is 0 Å². The van der Waals surface area contributed by atoms with Crippen LogP contribution in [0.4, 0.5) is 0 Å². The van der Waals surface area contributed by atoms with Crippen LogP contribution in [0.15, 0.2) is 4.99 Å². The van der Waals surface area contributed by atoms with E-state index in [0.29, 0.717) is 31.4 Å². The molecule has 2 unspecified atom stereocenters. The molecule has 170 valence electrons. The average molecular weight is 442 g/mol. The zero-order chi connectivity index (χ0) is 21.6. The number of guanidine groups is 1. The molecule has 3 N–H and O–H groups in total. The fourth-order valence-electron chi connectivity index (χ4n) is 4.58. The second-order valence-electron chi connectivity index (χ2n) is 8.67. The SMILES string of the molecule is CN=C(NCCC(=O)NC1CCS(=O)(=O)C1)NC1CCN(C(=O)C2CCCCC2)C1. The van der Waals surface area contributed by atoms with Crippen LogP contribution in [0.5, 0.6) is 0 Å². The Labute approximate surface area is 179 Å². The first-order chi connectivity index (χ1) is 14.4. The van der Waals surface area contributed by atoms with E-state index in [1.165, 1.54) is 6.42 Å². The molecule has 10 heteroatoms. The molecule has 2 atom stereocenters. The second-order valence-corrected chi connectivity index (χ2v) is 10.9. The van der Waals surface area contributed by atoms with E-state index in [1.54, 1.807) is 7.05 Å². The number of nitrogens with zero attached hydrogens (tertiary/aromatic N) is 2. The molecular weight excluding hydrogens is 406 g/mol. The molecule has 2 amide bonds. The first-order valence-corrected chi connectivity index (χ1v) is 12.9. The van der Waals surface area contributed by atoms with Gasteiger partial charge in [-0.2, -0.15) is 0 Å². The maximum atomic E-state index is 12.7. The number of carbonyl (C=O) groups excluding carboxylic acids is 2. The minimum Gasteiger partial charge on any atom is -0.356 e. The lowest BCUT2D eigenvalue weighted by molar-refractivity contribution is -0.135. The van der Waals surface area contributed by atoms with Crippen LogP contribution in [0, 0.1) is 5.92 Å². The van der Waals surface area contributed by atoms with Crippen LogP contribution < -0.4 is 16.0 Å². The monoisotopic (exact) mass is 441 g/mol. The van der Waals surface area contributed by atoms with Gasteiger partial charge in [0.25, 0.3) is 0 Å². The van der Waals surface area contributed by atoms with Crippen molar-refractivity contribution < 1.29 is 18.0 Å². The molecule has 2 heterocycles. The molecule has 1 aliphatic carbocycles. The lowest BCUT2D eigenvalue weighted by atomic mass is 9.88. The van der Waals surface area contributed by atoms with Gasteiger partial charge >= 0.3 is 0 Å². The van der Waals surface area contributed by atoms with Crippen LogP contribution in [-0.4, -0.2) is 81.4 Å². The van der Waals surface area contributed by atoms with Gasteiger partial charge in [-0.15, -0.1) is 0 Å². The Morgan fingerprint density at radius 3 is 2.47 bits per heavy atom. The summed E-state index contributed by atoms with van der Waals surface area (Å²) < 4.78 is 22.9. The molecule has 3 rings (SSSR count). The van der Waals surface area contributed by atoms with Crippen molar-refractivity contribution in [2.75, 3.05) is 38.2 Å². The van der Waals surface area contributed by atoms with E-state index in [2.05, 4.69) is 20.9 Å². The van der Waals surface area contributed by atoms with Gasteiger partial charge in [0.1, 0.15) is 0 Å². The number of sulfone groups is 1. The lowest BCUT2D eigenvalue weighted by Crippen LogP contribution is -2.46. The van der Waals surface area contributed by atoms with Gasteiger partial charge in [-0.25, -0.2) is 8.42 Å². The number of hydrogen-bond acceptors (Lipinski definition) is 5.